The van der Waals surface area contributed by atoms with E-state index in [4.69, 9.17) is 4.98 Å². The van der Waals surface area contributed by atoms with Gasteiger partial charge in [0.15, 0.2) is 9.84 Å². The maximum atomic E-state index is 12.0. The van der Waals surface area contributed by atoms with Crippen LogP contribution in [-0.2, 0) is 9.84 Å². The summed E-state index contributed by atoms with van der Waals surface area (Å²) < 4.78 is 24.0. The molecule has 2 heterocycles. The van der Waals surface area contributed by atoms with Gasteiger partial charge in [-0.15, -0.1) is 0 Å². The van der Waals surface area contributed by atoms with Crippen LogP contribution in [0.2, 0.25) is 0 Å². The molecule has 2 fully saturated rings. The van der Waals surface area contributed by atoms with E-state index in [0.29, 0.717) is 10.8 Å². The maximum Gasteiger partial charge on any atom is 0.178 e. The lowest BCUT2D eigenvalue weighted by molar-refractivity contribution is 0.176. The van der Waals surface area contributed by atoms with E-state index in [9.17, 15) is 8.42 Å². The highest BCUT2D eigenvalue weighted by Gasteiger charge is 2.35. The average molecular weight is 399 g/mol. The minimum atomic E-state index is -3.15. The second kappa shape index (κ2) is 8.34. The van der Waals surface area contributed by atoms with Crippen LogP contribution in [0.15, 0.2) is 47.5 Å². The minimum absolute atomic E-state index is 0.127. The molecular weight excluding hydrogens is 368 g/mol. The van der Waals surface area contributed by atoms with Gasteiger partial charge in [0.2, 0.25) is 0 Å². The molecule has 1 saturated heterocycles. The first-order chi connectivity index (χ1) is 13.6. The van der Waals surface area contributed by atoms with Crippen LogP contribution in [0, 0.1) is 11.8 Å². The zero-order valence-corrected chi connectivity index (χ0v) is 17.4. The summed E-state index contributed by atoms with van der Waals surface area (Å²) >= 11 is 0. The number of piperidine rings is 1. The highest BCUT2D eigenvalue weighted by molar-refractivity contribution is 7.91. The number of pyridine rings is 1. The van der Waals surface area contributed by atoms with Gasteiger partial charge in [0, 0.05) is 23.4 Å². The lowest BCUT2D eigenvalue weighted by Crippen LogP contribution is -2.35. The van der Waals surface area contributed by atoms with Crippen molar-refractivity contribution in [3.63, 3.8) is 0 Å². The number of hydrogen-bond donors (Lipinski definition) is 1. The smallest absolute Gasteiger partial charge is 0.178 e. The number of rotatable bonds is 6. The van der Waals surface area contributed by atoms with Gasteiger partial charge in [-0.2, -0.15) is 0 Å². The molecule has 1 aliphatic carbocycles. The Kier molecular flexibility index (Phi) is 5.83. The van der Waals surface area contributed by atoms with Crippen molar-refractivity contribution in [2.75, 3.05) is 18.8 Å². The predicted molar refractivity (Wildman–Crippen MR) is 113 cm³/mol. The molecule has 0 amide bonds. The third kappa shape index (κ3) is 4.01. The number of aromatic nitrogens is 1. The van der Waals surface area contributed by atoms with Crippen molar-refractivity contribution in [1.82, 2.24) is 10.3 Å². The van der Waals surface area contributed by atoms with E-state index >= 15 is 0 Å². The van der Waals surface area contributed by atoms with Crippen LogP contribution in [0.4, 0.5) is 0 Å². The topological polar surface area (TPSA) is 59.1 Å². The Labute approximate surface area is 168 Å². The Balaban J connectivity index is 1.55. The molecule has 1 aliphatic heterocycles. The molecule has 1 aromatic heterocycles. The van der Waals surface area contributed by atoms with E-state index in [1.807, 2.05) is 18.3 Å². The molecule has 28 heavy (non-hydrogen) atoms. The van der Waals surface area contributed by atoms with Crippen molar-refractivity contribution >= 4 is 9.84 Å². The molecule has 1 saturated carbocycles. The van der Waals surface area contributed by atoms with Gasteiger partial charge in [-0.25, -0.2) is 8.42 Å². The molecule has 150 valence electrons. The molecule has 1 atom stereocenters. The van der Waals surface area contributed by atoms with E-state index in [0.717, 1.165) is 36.1 Å². The van der Waals surface area contributed by atoms with Crippen LogP contribution in [0.25, 0.3) is 11.1 Å². The van der Waals surface area contributed by atoms with Crippen LogP contribution >= 0.6 is 0 Å². The second-order valence-corrected chi connectivity index (χ2v) is 10.5. The lowest BCUT2D eigenvalue weighted by Gasteiger charge is -2.40. The van der Waals surface area contributed by atoms with Gasteiger partial charge < -0.3 is 5.32 Å². The molecule has 0 bridgehead atoms. The Morgan fingerprint density at radius 3 is 2.14 bits per heavy atom. The summed E-state index contributed by atoms with van der Waals surface area (Å²) in [5.41, 5.74) is 3.29. The van der Waals surface area contributed by atoms with Crippen molar-refractivity contribution in [3.05, 3.63) is 48.3 Å². The van der Waals surface area contributed by atoms with Crippen LogP contribution in [0.1, 0.15) is 50.6 Å². The van der Waals surface area contributed by atoms with Gasteiger partial charge in [-0.05, 0) is 74.4 Å². The third-order valence-corrected chi connectivity index (χ3v) is 8.35. The molecule has 2 aromatic rings. The Hall–Kier alpha value is -1.72. The van der Waals surface area contributed by atoms with Gasteiger partial charge in [-0.3, -0.25) is 4.98 Å². The Bertz CT molecular complexity index is 881. The molecule has 0 radical (unpaired) electrons. The highest BCUT2D eigenvalue weighted by atomic mass is 32.2. The summed E-state index contributed by atoms with van der Waals surface area (Å²) in [5, 5.41) is 3.48. The maximum absolute atomic E-state index is 12.0. The van der Waals surface area contributed by atoms with E-state index in [1.165, 1.54) is 37.8 Å². The quantitative estimate of drug-likeness (QED) is 0.782. The van der Waals surface area contributed by atoms with E-state index in [-0.39, 0.29) is 5.75 Å². The number of nitrogens with one attached hydrogen (secondary N) is 1. The summed E-state index contributed by atoms with van der Waals surface area (Å²) in [7, 11) is -3.15. The molecule has 1 N–H and O–H groups in total. The number of hydrogen-bond acceptors (Lipinski definition) is 4. The molecule has 4 rings (SSSR count). The van der Waals surface area contributed by atoms with Gasteiger partial charge in [0.1, 0.15) is 0 Å². The minimum Gasteiger partial charge on any atom is -0.317 e. The van der Waals surface area contributed by atoms with Crippen molar-refractivity contribution in [3.8, 4) is 11.1 Å². The number of nitrogens with zero attached hydrogens (tertiary/aromatic N) is 1. The average Bonchev–Trinajstić information content (AvgIpc) is 2.71. The fourth-order valence-corrected chi connectivity index (χ4v) is 5.55. The van der Waals surface area contributed by atoms with E-state index < -0.39 is 9.84 Å². The fourth-order valence-electron chi connectivity index (χ4n) is 4.66. The van der Waals surface area contributed by atoms with Gasteiger partial charge in [0.05, 0.1) is 10.6 Å². The molecule has 0 spiro atoms. The van der Waals surface area contributed by atoms with Gasteiger partial charge in [0.25, 0.3) is 0 Å². The van der Waals surface area contributed by atoms with Gasteiger partial charge in [-0.1, -0.05) is 31.5 Å². The second-order valence-electron chi connectivity index (χ2n) is 8.20. The summed E-state index contributed by atoms with van der Waals surface area (Å²) in [6, 6.07) is 11.5. The van der Waals surface area contributed by atoms with Crippen LogP contribution < -0.4 is 5.32 Å². The molecule has 4 nitrogen and oxygen atoms in total. The Morgan fingerprint density at radius 1 is 0.964 bits per heavy atom. The molecule has 1 aromatic carbocycles. The van der Waals surface area contributed by atoms with Crippen molar-refractivity contribution in [2.45, 2.75) is 49.8 Å². The fraction of sp³-hybridized carbons (Fsp3) is 0.522. The van der Waals surface area contributed by atoms with E-state index in [1.54, 1.807) is 19.1 Å². The predicted octanol–water partition coefficient (Wildman–Crippen LogP) is 4.43. The molecule has 5 heteroatoms. The van der Waals surface area contributed by atoms with Crippen molar-refractivity contribution in [2.24, 2.45) is 11.8 Å². The first kappa shape index (κ1) is 19.6. The highest BCUT2D eigenvalue weighted by Crippen LogP contribution is 2.45. The van der Waals surface area contributed by atoms with Crippen LogP contribution in [-0.4, -0.2) is 32.2 Å². The lowest BCUT2D eigenvalue weighted by atomic mass is 9.67. The van der Waals surface area contributed by atoms with Gasteiger partial charge >= 0.3 is 0 Å². The monoisotopic (exact) mass is 398 g/mol. The summed E-state index contributed by atoms with van der Waals surface area (Å²) in [6.07, 6.45) is 8.50. The van der Waals surface area contributed by atoms with Crippen molar-refractivity contribution < 1.29 is 8.42 Å². The number of sulfone groups is 1. The first-order valence-electron chi connectivity index (χ1n) is 10.6. The van der Waals surface area contributed by atoms with E-state index in [2.05, 4.69) is 17.4 Å². The molecular formula is C23H30N2O2S. The zero-order chi connectivity index (χ0) is 19.6. The number of benzene rings is 1. The molecule has 2 aliphatic rings. The normalized spacial score (nSPS) is 19.9. The van der Waals surface area contributed by atoms with Crippen LogP contribution in [0.5, 0.6) is 0 Å². The van der Waals surface area contributed by atoms with Crippen molar-refractivity contribution in [1.29, 1.82) is 0 Å². The standard InChI is InChI=1S/C23H30N2O2S/c1-2-28(26,27)21-9-6-17(7-10-21)20-8-11-22(25-16-20)23(18-4-3-5-18)19-12-14-24-15-13-19/h6-11,16,18-19,23-24H,2-5,12-15H2,1H3. The zero-order valence-electron chi connectivity index (χ0n) is 16.6. The first-order valence-corrected chi connectivity index (χ1v) is 12.2. The SMILES string of the molecule is CCS(=O)(=O)c1ccc(-c2ccc(C(C3CCC3)C3CCNCC3)nc2)cc1. The summed E-state index contributed by atoms with van der Waals surface area (Å²) in [6.45, 7) is 3.92. The third-order valence-electron chi connectivity index (χ3n) is 6.60. The summed E-state index contributed by atoms with van der Waals surface area (Å²) in [5.74, 6) is 2.24. The summed E-state index contributed by atoms with van der Waals surface area (Å²) in [4.78, 5) is 5.27. The Morgan fingerprint density at radius 2 is 1.61 bits per heavy atom. The molecule has 1 unspecified atom stereocenters. The largest absolute Gasteiger partial charge is 0.317 e. The van der Waals surface area contributed by atoms with Crippen LogP contribution in [0.3, 0.4) is 0 Å².